The highest BCUT2D eigenvalue weighted by Gasteiger charge is 2.54. The molecule has 7 atom stereocenters. The number of amides is 3. The molecule has 5 heterocycles. The van der Waals surface area contributed by atoms with Gasteiger partial charge in [0.1, 0.15) is 37.5 Å². The lowest BCUT2D eigenvalue weighted by atomic mass is 9.80. The fourth-order valence-corrected chi connectivity index (χ4v) is 12.9. The number of rotatable bonds is 15. The number of hydrogen-bond acceptors (Lipinski definition) is 12. The molecule has 1 aromatic rings. The topological polar surface area (TPSA) is 174 Å². The van der Waals surface area contributed by atoms with E-state index in [1.165, 1.54) is 15.7 Å². The molecule has 72 heavy (non-hydrogen) atoms. The Hall–Kier alpha value is -2.67. The van der Waals surface area contributed by atoms with Crippen molar-refractivity contribution in [3.63, 3.8) is 0 Å². The summed E-state index contributed by atoms with van der Waals surface area (Å²) in [6, 6.07) is 1.02. The lowest BCUT2D eigenvalue weighted by molar-refractivity contribution is -0.154. The molecule has 0 aromatic carbocycles. The highest BCUT2D eigenvalue weighted by Crippen LogP contribution is 2.43. The van der Waals surface area contributed by atoms with Crippen LogP contribution >= 0.6 is 0 Å². The third-order valence-corrected chi connectivity index (χ3v) is 28.3. The summed E-state index contributed by atoms with van der Waals surface area (Å²) in [7, 11) is -7.83. The molecule has 8 bridgehead atoms. The van der Waals surface area contributed by atoms with E-state index in [4.69, 9.17) is 27.8 Å². The van der Waals surface area contributed by atoms with Crippen LogP contribution in [-0.2, 0) is 55.3 Å². The monoisotopic (exact) mass is 1080 g/mol. The van der Waals surface area contributed by atoms with Gasteiger partial charge in [0.2, 0.25) is 5.91 Å². The second-order valence-corrected chi connectivity index (χ2v) is 47.5. The van der Waals surface area contributed by atoms with Crippen molar-refractivity contribution >= 4 is 56.3 Å². The maximum atomic E-state index is 15.0. The number of fused-ring (bicyclic) bond motifs is 10. The summed E-state index contributed by atoms with van der Waals surface area (Å²) in [4.78, 5) is 90.1. The van der Waals surface area contributed by atoms with Crippen molar-refractivity contribution in [1.82, 2.24) is 18.9 Å². The smallest absolute Gasteiger partial charge is 0.335 e. The minimum Gasteiger partial charge on any atom is -0.414 e. The molecular weight excluding hydrogens is 985 g/mol. The number of carbonyl (C=O) groups excluding carboxylic acids is 4. The number of imide groups is 1. The van der Waals surface area contributed by atoms with Crippen LogP contribution in [-0.4, -0.2) is 133 Å². The molecule has 16 nitrogen and oxygen atoms in total. The van der Waals surface area contributed by atoms with Gasteiger partial charge in [-0.1, -0.05) is 93.0 Å². The third-order valence-electron chi connectivity index (χ3n) is 15.9. The molecule has 4 aliphatic heterocycles. The van der Waals surface area contributed by atoms with Crippen molar-refractivity contribution in [1.29, 1.82) is 0 Å². The van der Waals surface area contributed by atoms with Gasteiger partial charge in [-0.3, -0.25) is 28.6 Å². The Labute approximate surface area is 434 Å². The number of aromatic nitrogens is 2. The molecule has 0 N–H and O–H groups in total. The van der Waals surface area contributed by atoms with Gasteiger partial charge < -0.3 is 27.8 Å². The van der Waals surface area contributed by atoms with E-state index in [0.29, 0.717) is 26.1 Å². The molecule has 1 aromatic heterocycles. The number of nitrogens with zero attached hydrogens (tertiary/aromatic N) is 4. The molecule has 5 rings (SSSR count). The summed E-state index contributed by atoms with van der Waals surface area (Å²) in [5.74, 6) is -1.17. The minimum atomic E-state index is -2.43. The number of urea groups is 1. The second kappa shape index (κ2) is 23.3. The maximum absolute atomic E-state index is 15.0. The van der Waals surface area contributed by atoms with E-state index in [1.54, 1.807) is 6.92 Å². The molecule has 0 unspecified atom stereocenters. The normalized spacial score (nSPS) is 27.3. The Bertz CT molecular complexity index is 2250. The Morgan fingerprint density at radius 2 is 1.32 bits per heavy atom. The second-order valence-electron chi connectivity index (χ2n) is 26.7. The number of carbonyl (C=O) groups is 4. The molecule has 0 spiro atoms. The summed E-state index contributed by atoms with van der Waals surface area (Å²) >= 11 is 0. The Morgan fingerprint density at radius 3 is 1.90 bits per heavy atom. The Kier molecular flexibility index (Phi) is 19.5. The molecule has 408 valence electrons. The van der Waals surface area contributed by atoms with Crippen molar-refractivity contribution in [2.45, 2.75) is 225 Å². The van der Waals surface area contributed by atoms with Gasteiger partial charge in [-0.25, -0.2) is 19.1 Å². The first-order valence-electron chi connectivity index (χ1n) is 26.5. The fraction of sp³-hybridized carbons (Fsp3) is 0.808. The van der Waals surface area contributed by atoms with Gasteiger partial charge in [0.05, 0.1) is 36.3 Å². The zero-order chi connectivity index (χ0) is 54.0. The molecule has 4 aliphatic rings. The lowest BCUT2D eigenvalue weighted by Gasteiger charge is -2.46. The van der Waals surface area contributed by atoms with Crippen LogP contribution < -0.4 is 11.2 Å². The number of ether oxygens (including phenoxy) is 4. The van der Waals surface area contributed by atoms with Crippen molar-refractivity contribution in [3.05, 3.63) is 44.8 Å². The molecule has 0 aliphatic carbocycles. The molecule has 0 saturated carbocycles. The van der Waals surface area contributed by atoms with Gasteiger partial charge in [0.15, 0.2) is 16.6 Å². The number of Topliss-reactive ketones (excluding diaryl/α,β-unsaturated/α-hetero) is 2. The van der Waals surface area contributed by atoms with E-state index in [9.17, 15) is 24.0 Å². The first-order valence-corrected chi connectivity index (χ1v) is 39.7. The van der Waals surface area contributed by atoms with Crippen molar-refractivity contribution in [3.8, 4) is 0 Å². The summed E-state index contributed by atoms with van der Waals surface area (Å²) in [5, 5.41) is -0.267. The molecular formula is C52H92N4O12Si4. The lowest BCUT2D eigenvalue weighted by Crippen LogP contribution is -2.64. The summed E-state index contributed by atoms with van der Waals surface area (Å²) < 4.78 is 41.8. The number of ketones is 2. The van der Waals surface area contributed by atoms with Crippen molar-refractivity contribution in [2.24, 2.45) is 11.3 Å². The van der Waals surface area contributed by atoms with E-state index >= 15 is 4.79 Å². The first-order chi connectivity index (χ1) is 33.0. The van der Waals surface area contributed by atoms with Gasteiger partial charge >= 0.3 is 11.7 Å². The molecule has 3 amide bonds. The van der Waals surface area contributed by atoms with E-state index in [2.05, 4.69) is 107 Å². The number of allylic oxidation sites excluding steroid dienone is 2. The highest BCUT2D eigenvalue weighted by molar-refractivity contribution is 6.76. The minimum absolute atomic E-state index is 0.0169. The van der Waals surface area contributed by atoms with Crippen LogP contribution in [0.4, 0.5) is 4.79 Å². The zero-order valence-corrected chi connectivity index (χ0v) is 51.2. The molecule has 3 fully saturated rings. The molecule has 0 radical (unpaired) electrons. The maximum Gasteiger partial charge on any atom is 0.335 e. The van der Waals surface area contributed by atoms with Crippen molar-refractivity contribution < 1.29 is 47.0 Å². The van der Waals surface area contributed by atoms with Crippen LogP contribution in [0.3, 0.4) is 0 Å². The fourth-order valence-electron chi connectivity index (χ4n) is 9.03. The van der Waals surface area contributed by atoms with Crippen LogP contribution in [0.5, 0.6) is 0 Å². The van der Waals surface area contributed by atoms with Gasteiger partial charge in [0.25, 0.3) is 5.56 Å². The van der Waals surface area contributed by atoms with Crippen LogP contribution in [0.25, 0.3) is 0 Å². The SMILES string of the molecule is CC(C)(C)[Si](C)(C)OC[C@@H]1O[C@@H]2C[C@@H]1C(=O)CC/C=C\CCC(=O)C[C@H]1O[C@H](C[C@@H]1O[Si](C)(C)C(C)(C)C)n1cc(c(=O)n(COCC[Si](C)(C)C)c1=O)C[C@@]1(C)CN2C(=O)N(COCC[Si](C)(C)C)C1=O. The Morgan fingerprint density at radius 1 is 0.736 bits per heavy atom. The predicted molar refractivity (Wildman–Crippen MR) is 292 cm³/mol. The summed E-state index contributed by atoms with van der Waals surface area (Å²) in [6.07, 6.45) is 3.46. The Balaban J connectivity index is 1.65. The largest absolute Gasteiger partial charge is 0.414 e. The van der Waals surface area contributed by atoms with Gasteiger partial charge in [-0.15, -0.1) is 0 Å². The van der Waals surface area contributed by atoms with E-state index in [1.807, 2.05) is 12.2 Å². The number of hydrogen-bond donors (Lipinski definition) is 0. The average Bonchev–Trinajstić information content (AvgIpc) is 3.84. The van der Waals surface area contributed by atoms with E-state index in [-0.39, 0.29) is 92.3 Å². The van der Waals surface area contributed by atoms with Crippen LogP contribution in [0, 0.1) is 11.3 Å². The highest BCUT2D eigenvalue weighted by atomic mass is 28.4. The van der Waals surface area contributed by atoms with Gasteiger partial charge in [-0.05, 0) is 74.5 Å². The van der Waals surface area contributed by atoms with Crippen LogP contribution in [0.1, 0.15) is 105 Å². The summed E-state index contributed by atoms with van der Waals surface area (Å²) in [5.41, 5.74) is -2.55. The van der Waals surface area contributed by atoms with Gasteiger partial charge in [0, 0.05) is 79.8 Å². The first kappa shape index (κ1) is 60.2. The molecule has 3 saturated heterocycles. The van der Waals surface area contributed by atoms with E-state index in [0.717, 1.165) is 21.6 Å². The zero-order valence-electron chi connectivity index (χ0n) is 47.2. The molecule has 20 heteroatoms. The van der Waals surface area contributed by atoms with Crippen LogP contribution in [0.2, 0.25) is 87.6 Å². The third kappa shape index (κ3) is 15.3. The van der Waals surface area contributed by atoms with Crippen LogP contribution in [0.15, 0.2) is 27.9 Å². The standard InChI is InChI=1S/C52H92N4O12Si4/c1-50(2,3)71(14,15)65-33-43-39-29-44(67-43)54-34-52(7,47(60)56(49(54)62)36-64-25-27-70(11,12)13)31-37-32-53(48(61)55(46(37)59)35-63-24-26-69(8,9)10)45-30-42(68-72(16,17)51(4,5)6)41(66-45)28-38(57)22-20-18-19-21-23-40(39)58/h18-19,32,39,41-45H,20-31,33-36H2,1-17H3/b19-18-/t39-,41-,42+,43+,44-,45-,52+/m1/s1. The average molecular weight is 1080 g/mol. The quantitative estimate of drug-likeness (QED) is 0.0926. The van der Waals surface area contributed by atoms with Gasteiger partial charge in [-0.2, -0.15) is 0 Å². The predicted octanol–water partition coefficient (Wildman–Crippen LogP) is 9.54. The van der Waals surface area contributed by atoms with Crippen molar-refractivity contribution in [2.75, 3.05) is 33.1 Å². The van der Waals surface area contributed by atoms with E-state index < -0.39 is 98.1 Å². The summed E-state index contributed by atoms with van der Waals surface area (Å²) in [6.45, 7) is 36.6.